The Hall–Kier alpha value is -2.54. The Kier molecular flexibility index (Phi) is 3.29. The Morgan fingerprint density at radius 3 is 2.41 bits per heavy atom. The average Bonchev–Trinajstić information content (AvgIpc) is 2.51. The number of benzene rings is 2. The van der Waals surface area contributed by atoms with E-state index in [-0.39, 0.29) is 20.7 Å². The van der Waals surface area contributed by atoms with E-state index in [1.54, 1.807) is 0 Å². The first-order chi connectivity index (χ1) is 10.4. The van der Waals surface area contributed by atoms with Gasteiger partial charge in [0.15, 0.2) is 11.6 Å². The van der Waals surface area contributed by atoms with Gasteiger partial charge in [-0.15, -0.1) is 0 Å². The number of hydrogen-bond acceptors (Lipinski definition) is 4. The third-order valence-electron chi connectivity index (χ3n) is 3.19. The fraction of sp³-hybridized carbons (Fsp3) is 0. The number of nitrogens with zero attached hydrogens (tertiary/aromatic N) is 1. The van der Waals surface area contributed by atoms with E-state index >= 15 is 0 Å². The van der Waals surface area contributed by atoms with Crippen LogP contribution in [0.25, 0.3) is 10.9 Å². The molecular formula is C15H9F2NO3S. The van der Waals surface area contributed by atoms with Crippen molar-refractivity contribution in [2.24, 2.45) is 0 Å². The second-order valence-corrected chi connectivity index (χ2v) is 6.48. The first-order valence-corrected chi connectivity index (χ1v) is 7.66. The molecule has 0 saturated heterocycles. The predicted octanol–water partition coefficient (Wildman–Crippen LogP) is 3.05. The van der Waals surface area contributed by atoms with E-state index in [0.29, 0.717) is 0 Å². The van der Waals surface area contributed by atoms with Crippen LogP contribution in [0.15, 0.2) is 58.5 Å². The summed E-state index contributed by atoms with van der Waals surface area (Å²) in [5, 5.41) is 9.76. The number of pyridine rings is 1. The van der Waals surface area contributed by atoms with Crippen LogP contribution in [0.4, 0.5) is 8.78 Å². The molecule has 0 unspecified atom stereocenters. The van der Waals surface area contributed by atoms with Gasteiger partial charge in [0.05, 0.1) is 9.79 Å². The summed E-state index contributed by atoms with van der Waals surface area (Å²) in [5.74, 6) is -2.39. The molecule has 1 heterocycles. The van der Waals surface area contributed by atoms with Gasteiger partial charge in [0.1, 0.15) is 11.3 Å². The molecule has 0 bridgehead atoms. The van der Waals surface area contributed by atoms with Crippen LogP contribution < -0.4 is 0 Å². The normalized spacial score (nSPS) is 11.7. The monoisotopic (exact) mass is 321 g/mol. The lowest BCUT2D eigenvalue weighted by molar-refractivity contribution is 0.436. The Balaban J connectivity index is 2.34. The molecule has 0 atom stereocenters. The zero-order chi connectivity index (χ0) is 15.9. The van der Waals surface area contributed by atoms with E-state index in [9.17, 15) is 22.3 Å². The highest BCUT2D eigenvalue weighted by molar-refractivity contribution is 7.91. The van der Waals surface area contributed by atoms with Crippen LogP contribution in [-0.4, -0.2) is 18.5 Å². The third-order valence-corrected chi connectivity index (χ3v) is 5.00. The molecule has 112 valence electrons. The summed E-state index contributed by atoms with van der Waals surface area (Å²) in [5.41, 5.74) is -0.150. The first kappa shape index (κ1) is 14.4. The number of fused-ring (bicyclic) bond motifs is 1. The van der Waals surface area contributed by atoms with Crippen molar-refractivity contribution in [2.45, 2.75) is 9.79 Å². The Labute approximate surface area is 124 Å². The average molecular weight is 321 g/mol. The number of phenols is 1. The predicted molar refractivity (Wildman–Crippen MR) is 75.2 cm³/mol. The van der Waals surface area contributed by atoms with E-state index in [1.165, 1.54) is 18.3 Å². The van der Waals surface area contributed by atoms with Gasteiger partial charge in [0.25, 0.3) is 0 Å². The van der Waals surface area contributed by atoms with Gasteiger partial charge >= 0.3 is 0 Å². The minimum Gasteiger partial charge on any atom is -0.503 e. The molecule has 4 nitrogen and oxygen atoms in total. The third kappa shape index (κ3) is 2.19. The van der Waals surface area contributed by atoms with Gasteiger partial charge in [0.2, 0.25) is 9.84 Å². The lowest BCUT2D eigenvalue weighted by atomic mass is 10.2. The molecule has 3 aromatic rings. The van der Waals surface area contributed by atoms with Crippen molar-refractivity contribution in [3.8, 4) is 5.75 Å². The van der Waals surface area contributed by atoms with Gasteiger partial charge in [-0.25, -0.2) is 17.2 Å². The lowest BCUT2D eigenvalue weighted by Gasteiger charge is -2.10. The summed E-state index contributed by atoms with van der Waals surface area (Å²) in [4.78, 5) is 3.30. The number of aromatic hydroxyl groups is 1. The highest BCUT2D eigenvalue weighted by Gasteiger charge is 2.24. The molecule has 0 amide bonds. The zero-order valence-corrected chi connectivity index (χ0v) is 11.8. The molecule has 1 N–H and O–H groups in total. The van der Waals surface area contributed by atoms with Crippen molar-refractivity contribution in [1.29, 1.82) is 0 Å². The highest BCUT2D eigenvalue weighted by atomic mass is 32.2. The van der Waals surface area contributed by atoms with Crippen molar-refractivity contribution in [1.82, 2.24) is 4.98 Å². The maximum atomic E-state index is 13.8. The molecule has 2 aromatic carbocycles. The molecule has 0 aliphatic rings. The van der Waals surface area contributed by atoms with Gasteiger partial charge in [-0.05, 0) is 42.5 Å². The van der Waals surface area contributed by atoms with E-state index in [0.717, 1.165) is 30.3 Å². The Morgan fingerprint density at radius 1 is 1.05 bits per heavy atom. The number of hydrogen-bond donors (Lipinski definition) is 1. The van der Waals surface area contributed by atoms with Crippen molar-refractivity contribution in [3.05, 3.63) is 60.3 Å². The molecule has 0 saturated carbocycles. The maximum Gasteiger partial charge on any atom is 0.207 e. The fourth-order valence-electron chi connectivity index (χ4n) is 2.13. The van der Waals surface area contributed by atoms with Gasteiger partial charge in [-0.1, -0.05) is 0 Å². The number of halogens is 2. The molecule has 0 fully saturated rings. The van der Waals surface area contributed by atoms with Crippen molar-refractivity contribution >= 4 is 20.7 Å². The molecule has 1 aromatic heterocycles. The molecule has 0 aliphatic heterocycles. The first-order valence-electron chi connectivity index (χ1n) is 6.18. The number of sulfone groups is 1. The topological polar surface area (TPSA) is 67.3 Å². The standard InChI is InChI=1S/C15H9F2NO3S/c16-9-3-5-10(6-4-9)22(20,21)13-8-12(17)15(19)14-11(13)2-1-7-18-14/h1-8,19H. The summed E-state index contributed by atoms with van der Waals surface area (Å²) in [6.45, 7) is 0. The van der Waals surface area contributed by atoms with Gasteiger partial charge < -0.3 is 5.11 Å². The largest absolute Gasteiger partial charge is 0.503 e. The van der Waals surface area contributed by atoms with E-state index in [4.69, 9.17) is 0 Å². The van der Waals surface area contributed by atoms with Gasteiger partial charge in [-0.2, -0.15) is 0 Å². The summed E-state index contributed by atoms with van der Waals surface area (Å²) in [6, 6.07) is 7.82. The van der Waals surface area contributed by atoms with E-state index in [1.807, 2.05) is 0 Å². The summed E-state index contributed by atoms with van der Waals surface area (Å²) in [6.07, 6.45) is 1.32. The fourth-order valence-corrected chi connectivity index (χ4v) is 3.59. The van der Waals surface area contributed by atoms with Gasteiger partial charge in [0, 0.05) is 11.6 Å². The van der Waals surface area contributed by atoms with Crippen LogP contribution >= 0.6 is 0 Å². The molecule has 3 rings (SSSR count). The Bertz CT molecular complexity index is 970. The minimum atomic E-state index is -4.08. The smallest absolute Gasteiger partial charge is 0.207 e. The number of rotatable bonds is 2. The molecular weight excluding hydrogens is 312 g/mol. The van der Waals surface area contributed by atoms with Crippen LogP contribution in [0.3, 0.4) is 0 Å². The van der Waals surface area contributed by atoms with Crippen molar-refractivity contribution in [3.63, 3.8) is 0 Å². The summed E-state index contributed by atoms with van der Waals surface area (Å²) < 4.78 is 52.0. The number of aromatic nitrogens is 1. The maximum absolute atomic E-state index is 13.8. The van der Waals surface area contributed by atoms with Crippen LogP contribution in [-0.2, 0) is 9.84 Å². The van der Waals surface area contributed by atoms with Crippen LogP contribution in [0.5, 0.6) is 5.75 Å². The number of phenolic OH excluding ortho intramolecular Hbond substituents is 1. The Morgan fingerprint density at radius 2 is 1.73 bits per heavy atom. The summed E-state index contributed by atoms with van der Waals surface area (Å²) in [7, 11) is -4.08. The molecule has 22 heavy (non-hydrogen) atoms. The molecule has 0 aliphatic carbocycles. The second kappa shape index (κ2) is 5.03. The van der Waals surface area contributed by atoms with Gasteiger partial charge in [-0.3, -0.25) is 4.98 Å². The highest BCUT2D eigenvalue weighted by Crippen LogP contribution is 2.34. The molecule has 0 radical (unpaired) electrons. The molecule has 7 heteroatoms. The minimum absolute atomic E-state index is 0.0886. The van der Waals surface area contributed by atoms with E-state index in [2.05, 4.69) is 4.98 Å². The second-order valence-electron chi connectivity index (χ2n) is 4.56. The lowest BCUT2D eigenvalue weighted by Crippen LogP contribution is -2.04. The quantitative estimate of drug-likeness (QED) is 0.737. The summed E-state index contributed by atoms with van der Waals surface area (Å²) >= 11 is 0. The van der Waals surface area contributed by atoms with E-state index < -0.39 is 27.2 Å². The van der Waals surface area contributed by atoms with Crippen LogP contribution in [0.1, 0.15) is 0 Å². The van der Waals surface area contributed by atoms with Crippen LogP contribution in [0, 0.1) is 11.6 Å². The van der Waals surface area contributed by atoms with Crippen LogP contribution in [0.2, 0.25) is 0 Å². The SMILES string of the molecule is O=S(=O)(c1ccc(F)cc1)c1cc(F)c(O)c2ncccc12. The zero-order valence-electron chi connectivity index (χ0n) is 11.0. The van der Waals surface area contributed by atoms with Crippen molar-refractivity contribution < 1.29 is 22.3 Å². The van der Waals surface area contributed by atoms with Crippen molar-refractivity contribution in [2.75, 3.05) is 0 Å². The molecule has 0 spiro atoms.